The van der Waals surface area contributed by atoms with Gasteiger partial charge in [-0.2, -0.15) is 0 Å². The molecule has 4 heteroatoms. The first-order valence-electron chi connectivity index (χ1n) is 3.30. The zero-order valence-electron chi connectivity index (χ0n) is 7.09. The Morgan fingerprint density at radius 2 is 2.27 bits per heavy atom. The fourth-order valence-corrected chi connectivity index (χ4v) is 0.327. The molecule has 0 saturated heterocycles. The highest BCUT2D eigenvalue weighted by atomic mass is 16.5. The molecule has 0 aromatic carbocycles. The van der Waals surface area contributed by atoms with Crippen LogP contribution in [0.1, 0.15) is 13.8 Å². The first-order chi connectivity index (χ1) is 5.02. The molecule has 0 aliphatic rings. The third-order valence-electron chi connectivity index (χ3n) is 1.13. The lowest BCUT2D eigenvalue weighted by atomic mass is 9.97. The van der Waals surface area contributed by atoms with Gasteiger partial charge in [-0.3, -0.25) is 0 Å². The van der Waals surface area contributed by atoms with Crippen LogP contribution in [0.2, 0.25) is 0 Å². The van der Waals surface area contributed by atoms with Crippen LogP contribution < -0.4 is 0 Å². The van der Waals surface area contributed by atoms with Gasteiger partial charge in [-0.15, -0.1) is 0 Å². The number of methoxy groups -OCH3 is 1. The molecular formula is C7H14N2O2. The van der Waals surface area contributed by atoms with Crippen molar-refractivity contribution in [3.63, 3.8) is 0 Å². The molecule has 0 amide bonds. The largest absolute Gasteiger partial charge is 0.467 e. The maximum Gasteiger partial charge on any atom is 0.308 e. The fraction of sp³-hybridized carbons (Fsp3) is 0.714. The number of aliphatic hydroxyl groups excluding tert-OH is 1. The summed E-state index contributed by atoms with van der Waals surface area (Å²) in [6.07, 6.45) is 1.50. The van der Waals surface area contributed by atoms with Gasteiger partial charge in [0.15, 0.2) is 0 Å². The Bertz CT molecular complexity index is 164. The molecule has 0 aliphatic heterocycles. The van der Waals surface area contributed by atoms with Crippen molar-refractivity contribution in [3.8, 4) is 0 Å². The van der Waals surface area contributed by atoms with Crippen LogP contribution >= 0.6 is 0 Å². The Balaban J connectivity index is 4.01. The average Bonchev–Trinajstić information content (AvgIpc) is 2.00. The van der Waals surface area contributed by atoms with Gasteiger partial charge in [0.2, 0.25) is 0 Å². The second kappa shape index (κ2) is 4.08. The summed E-state index contributed by atoms with van der Waals surface area (Å²) in [5.41, 5.74) is -0.384. The second-order valence-corrected chi connectivity index (χ2v) is 2.91. The van der Waals surface area contributed by atoms with Crippen LogP contribution in [0.3, 0.4) is 0 Å². The van der Waals surface area contributed by atoms with Crippen molar-refractivity contribution < 1.29 is 9.84 Å². The minimum absolute atomic E-state index is 0.00743. The lowest BCUT2D eigenvalue weighted by molar-refractivity contribution is 0.216. The smallest absolute Gasteiger partial charge is 0.308 e. The molecule has 0 atom stereocenters. The summed E-state index contributed by atoms with van der Waals surface area (Å²) >= 11 is 0. The predicted octanol–water partition coefficient (Wildman–Crippen LogP) is 0.657. The molecule has 0 saturated carbocycles. The second-order valence-electron chi connectivity index (χ2n) is 2.91. The quantitative estimate of drug-likeness (QED) is 0.458. The monoisotopic (exact) mass is 158 g/mol. The zero-order valence-corrected chi connectivity index (χ0v) is 7.09. The summed E-state index contributed by atoms with van der Waals surface area (Å²) in [7, 11) is 1.38. The van der Waals surface area contributed by atoms with E-state index in [1.807, 2.05) is 13.8 Å². The normalized spacial score (nSPS) is 12.0. The summed E-state index contributed by atoms with van der Waals surface area (Å²) in [5.74, 6) is 0. The predicted molar refractivity (Wildman–Crippen MR) is 44.1 cm³/mol. The topological polar surface area (TPSA) is 65.7 Å². The van der Waals surface area contributed by atoms with Crippen molar-refractivity contribution in [2.24, 2.45) is 10.4 Å². The summed E-state index contributed by atoms with van der Waals surface area (Å²) in [6, 6.07) is -0.147. The third-order valence-corrected chi connectivity index (χ3v) is 1.13. The van der Waals surface area contributed by atoms with Crippen molar-refractivity contribution in [2.45, 2.75) is 13.8 Å². The van der Waals surface area contributed by atoms with Gasteiger partial charge in [0.05, 0.1) is 13.7 Å². The highest BCUT2D eigenvalue weighted by molar-refractivity contribution is 5.82. The molecule has 0 bridgehead atoms. The summed E-state index contributed by atoms with van der Waals surface area (Å²) < 4.78 is 4.49. The summed E-state index contributed by atoms with van der Waals surface area (Å²) in [5, 5.41) is 15.8. The van der Waals surface area contributed by atoms with E-state index in [2.05, 4.69) is 9.73 Å². The Hall–Kier alpha value is -0.900. The number of aliphatic imine (C=N–C) groups is 1. The number of hydrogen-bond acceptors (Lipinski definition) is 3. The zero-order chi connectivity index (χ0) is 8.91. The van der Waals surface area contributed by atoms with Gasteiger partial charge in [-0.25, -0.2) is 10.4 Å². The van der Waals surface area contributed by atoms with Gasteiger partial charge < -0.3 is 9.84 Å². The van der Waals surface area contributed by atoms with Gasteiger partial charge in [0.1, 0.15) is 0 Å². The number of hydrogen-bond donors (Lipinski definition) is 2. The molecule has 11 heavy (non-hydrogen) atoms. The van der Waals surface area contributed by atoms with Crippen LogP contribution in [0.25, 0.3) is 0 Å². The van der Waals surface area contributed by atoms with Crippen LogP contribution in [0.4, 0.5) is 0 Å². The van der Waals surface area contributed by atoms with Gasteiger partial charge in [0, 0.05) is 11.6 Å². The molecule has 64 valence electrons. The number of nitrogens with zero attached hydrogens (tertiary/aromatic N) is 1. The first-order valence-corrected chi connectivity index (χ1v) is 3.30. The number of rotatable bonds is 2. The summed E-state index contributed by atoms with van der Waals surface area (Å²) in [4.78, 5) is 3.66. The van der Waals surface area contributed by atoms with E-state index in [9.17, 15) is 0 Å². The highest BCUT2D eigenvalue weighted by Crippen LogP contribution is 2.08. The highest BCUT2D eigenvalue weighted by Gasteiger charge is 2.12. The molecule has 0 rings (SSSR count). The maximum absolute atomic E-state index is 8.78. The molecule has 0 aliphatic carbocycles. The van der Waals surface area contributed by atoms with Gasteiger partial charge in [0.25, 0.3) is 0 Å². The molecule has 0 spiro atoms. The summed E-state index contributed by atoms with van der Waals surface area (Å²) in [6.45, 7) is 3.65. The van der Waals surface area contributed by atoms with Crippen molar-refractivity contribution in [1.82, 2.24) is 0 Å². The van der Waals surface area contributed by atoms with E-state index in [1.165, 1.54) is 13.3 Å². The van der Waals surface area contributed by atoms with E-state index in [-0.39, 0.29) is 18.0 Å². The molecule has 0 unspecified atom stereocenters. The van der Waals surface area contributed by atoms with Gasteiger partial charge in [-0.05, 0) is 0 Å². The fourth-order valence-electron chi connectivity index (χ4n) is 0.327. The van der Waals surface area contributed by atoms with E-state index in [0.717, 1.165) is 0 Å². The van der Waals surface area contributed by atoms with Crippen molar-refractivity contribution in [2.75, 3.05) is 13.7 Å². The number of amidine groups is 1. The van der Waals surface area contributed by atoms with Crippen LogP contribution in [-0.4, -0.2) is 31.1 Å². The number of ether oxygens (including phenoxy) is 1. The molecule has 0 fully saturated rings. The average molecular weight is 158 g/mol. The van der Waals surface area contributed by atoms with E-state index < -0.39 is 0 Å². The molecule has 0 aromatic heterocycles. The first kappa shape index (κ1) is 10.1. The van der Waals surface area contributed by atoms with Crippen molar-refractivity contribution >= 4 is 12.2 Å². The SMILES string of the molecule is COC(=N)N=CC(C)(C)CO. The minimum Gasteiger partial charge on any atom is -0.467 e. The third kappa shape index (κ3) is 4.50. The Morgan fingerprint density at radius 1 is 1.73 bits per heavy atom. The number of nitrogens with one attached hydrogen (secondary N) is 1. The van der Waals surface area contributed by atoms with Crippen LogP contribution in [0.15, 0.2) is 4.99 Å². The van der Waals surface area contributed by atoms with Crippen molar-refractivity contribution in [1.29, 1.82) is 5.41 Å². The van der Waals surface area contributed by atoms with Crippen LogP contribution in [0, 0.1) is 10.8 Å². The van der Waals surface area contributed by atoms with E-state index in [0.29, 0.717) is 0 Å². The van der Waals surface area contributed by atoms with E-state index >= 15 is 0 Å². The Kier molecular flexibility index (Phi) is 3.74. The lowest BCUT2D eigenvalue weighted by Gasteiger charge is -2.13. The molecular weight excluding hydrogens is 144 g/mol. The molecule has 0 aromatic rings. The lowest BCUT2D eigenvalue weighted by Crippen LogP contribution is -2.19. The van der Waals surface area contributed by atoms with Gasteiger partial charge in [-0.1, -0.05) is 13.8 Å². The number of aliphatic hydroxyl groups is 1. The molecule has 0 heterocycles. The van der Waals surface area contributed by atoms with Gasteiger partial charge >= 0.3 is 6.02 Å². The van der Waals surface area contributed by atoms with Crippen molar-refractivity contribution in [3.05, 3.63) is 0 Å². The van der Waals surface area contributed by atoms with E-state index in [1.54, 1.807) is 0 Å². The van der Waals surface area contributed by atoms with E-state index in [4.69, 9.17) is 10.5 Å². The molecule has 4 nitrogen and oxygen atoms in total. The standard InChI is InChI=1S/C7H14N2O2/c1-7(2,5-10)4-9-6(8)11-3/h4,8,10H,5H2,1-3H3. The van der Waals surface area contributed by atoms with Crippen LogP contribution in [-0.2, 0) is 4.74 Å². The molecule has 2 N–H and O–H groups in total. The minimum atomic E-state index is -0.384. The maximum atomic E-state index is 8.78. The van der Waals surface area contributed by atoms with Crippen LogP contribution in [0.5, 0.6) is 0 Å². The Labute approximate surface area is 66.4 Å². The Morgan fingerprint density at radius 3 is 2.64 bits per heavy atom. The molecule has 0 radical (unpaired) electrons.